The topological polar surface area (TPSA) is 104 Å². The van der Waals surface area contributed by atoms with Crippen LogP contribution in [0.1, 0.15) is 37.8 Å². The van der Waals surface area contributed by atoms with Crippen molar-refractivity contribution in [3.8, 4) is 16.5 Å². The molecule has 214 valence electrons. The Morgan fingerprint density at radius 2 is 1.71 bits per heavy atom. The van der Waals surface area contributed by atoms with Crippen LogP contribution in [0, 0.1) is 13.8 Å². The number of hydrogen-bond acceptors (Lipinski definition) is 9. The van der Waals surface area contributed by atoms with E-state index in [4.69, 9.17) is 19.0 Å². The SMILES string of the molecule is COC(=O)[C@H](Cc1ccc(OCCc2nc(-c3cc(C)on3)sc2C)cc1)Nc1ccccc1C(=O)c1ccccc1. The number of nitrogens with zero attached hydrogens (tertiary/aromatic N) is 2. The molecule has 5 rings (SSSR count). The summed E-state index contributed by atoms with van der Waals surface area (Å²) in [5, 5.41) is 8.13. The molecule has 3 aromatic carbocycles. The van der Waals surface area contributed by atoms with Crippen LogP contribution in [0.3, 0.4) is 0 Å². The molecule has 0 radical (unpaired) electrons. The zero-order chi connectivity index (χ0) is 29.5. The van der Waals surface area contributed by atoms with Gasteiger partial charge in [0.15, 0.2) is 5.78 Å². The summed E-state index contributed by atoms with van der Waals surface area (Å²) in [6, 6.07) is 25.0. The molecule has 0 aliphatic heterocycles. The summed E-state index contributed by atoms with van der Waals surface area (Å²) in [6.07, 6.45) is 1.03. The van der Waals surface area contributed by atoms with Gasteiger partial charge in [0.05, 0.1) is 19.4 Å². The summed E-state index contributed by atoms with van der Waals surface area (Å²) < 4.78 is 16.2. The number of anilines is 1. The van der Waals surface area contributed by atoms with Crippen LogP contribution in [0.5, 0.6) is 5.75 Å². The maximum Gasteiger partial charge on any atom is 0.328 e. The fourth-order valence-corrected chi connectivity index (χ4v) is 5.45. The van der Waals surface area contributed by atoms with Crippen LogP contribution >= 0.6 is 11.3 Å². The van der Waals surface area contributed by atoms with Crippen molar-refractivity contribution < 1.29 is 23.6 Å². The average Bonchev–Trinajstić information content (AvgIpc) is 3.62. The predicted octanol–water partition coefficient (Wildman–Crippen LogP) is 6.46. The van der Waals surface area contributed by atoms with E-state index in [1.165, 1.54) is 7.11 Å². The van der Waals surface area contributed by atoms with Crippen molar-refractivity contribution in [3.63, 3.8) is 0 Å². The number of nitrogens with one attached hydrogen (secondary N) is 1. The van der Waals surface area contributed by atoms with E-state index in [0.717, 1.165) is 38.3 Å². The first kappa shape index (κ1) is 28.8. The Hall–Kier alpha value is -4.76. The molecule has 0 unspecified atom stereocenters. The minimum Gasteiger partial charge on any atom is -0.493 e. The Morgan fingerprint density at radius 1 is 0.976 bits per heavy atom. The largest absolute Gasteiger partial charge is 0.493 e. The monoisotopic (exact) mass is 581 g/mol. The molecule has 0 saturated heterocycles. The standard InChI is InChI=1S/C33H31N3O5S/c1-21-19-29(36-41-21)32-35-27(22(2)42-32)17-18-40-25-15-13-23(14-16-25)20-30(33(38)39-3)34-28-12-8-7-11-26(28)31(37)24-9-5-4-6-10-24/h4-16,19,30,34H,17-18,20H2,1-3H3/t30-/m0/s1. The van der Waals surface area contributed by atoms with Crippen molar-refractivity contribution in [2.45, 2.75) is 32.7 Å². The van der Waals surface area contributed by atoms with Gasteiger partial charge in [-0.05, 0) is 43.7 Å². The zero-order valence-corrected chi connectivity index (χ0v) is 24.4. The number of hydrogen-bond donors (Lipinski definition) is 1. The van der Waals surface area contributed by atoms with Gasteiger partial charge < -0.3 is 19.3 Å². The van der Waals surface area contributed by atoms with Crippen molar-refractivity contribution in [1.82, 2.24) is 10.1 Å². The van der Waals surface area contributed by atoms with E-state index in [0.29, 0.717) is 36.3 Å². The normalized spacial score (nSPS) is 11.6. The lowest BCUT2D eigenvalue weighted by Gasteiger charge is -2.20. The Morgan fingerprint density at radius 3 is 2.43 bits per heavy atom. The number of ketones is 1. The highest BCUT2D eigenvalue weighted by atomic mass is 32.1. The van der Waals surface area contributed by atoms with E-state index in [1.807, 2.05) is 68.4 Å². The van der Waals surface area contributed by atoms with E-state index in [2.05, 4.69) is 10.5 Å². The second-order valence-electron chi connectivity index (χ2n) is 9.75. The van der Waals surface area contributed by atoms with Gasteiger partial charge in [0, 0.05) is 40.6 Å². The number of carbonyl (C=O) groups is 2. The number of rotatable bonds is 12. The first-order chi connectivity index (χ1) is 20.4. The van der Waals surface area contributed by atoms with E-state index < -0.39 is 12.0 Å². The summed E-state index contributed by atoms with van der Waals surface area (Å²) in [6.45, 7) is 4.37. The van der Waals surface area contributed by atoms with Gasteiger partial charge in [-0.2, -0.15) is 0 Å². The molecule has 0 bridgehead atoms. The quantitative estimate of drug-likeness (QED) is 0.132. The molecule has 0 fully saturated rings. The molecule has 0 aliphatic rings. The van der Waals surface area contributed by atoms with Crippen molar-refractivity contribution in [2.75, 3.05) is 19.0 Å². The number of benzene rings is 3. The van der Waals surface area contributed by atoms with E-state index >= 15 is 0 Å². The highest BCUT2D eigenvalue weighted by Crippen LogP contribution is 2.28. The van der Waals surface area contributed by atoms with E-state index in [1.54, 1.807) is 41.7 Å². The number of para-hydroxylation sites is 1. The molecule has 42 heavy (non-hydrogen) atoms. The number of carbonyl (C=O) groups excluding carboxylic acids is 2. The third-order valence-corrected chi connectivity index (χ3v) is 7.77. The molecule has 1 N–H and O–H groups in total. The number of ether oxygens (including phenoxy) is 2. The third-order valence-electron chi connectivity index (χ3n) is 6.73. The maximum absolute atomic E-state index is 13.2. The lowest BCUT2D eigenvalue weighted by atomic mass is 10.00. The minimum atomic E-state index is -0.693. The van der Waals surface area contributed by atoms with Gasteiger partial charge in [0.25, 0.3) is 0 Å². The average molecular weight is 582 g/mol. The second-order valence-corrected chi connectivity index (χ2v) is 11.0. The van der Waals surface area contributed by atoms with E-state index in [9.17, 15) is 9.59 Å². The number of esters is 1. The van der Waals surface area contributed by atoms with Crippen LogP contribution in [0.15, 0.2) is 89.5 Å². The van der Waals surface area contributed by atoms with Gasteiger partial charge >= 0.3 is 5.97 Å². The minimum absolute atomic E-state index is 0.124. The van der Waals surface area contributed by atoms with Crippen molar-refractivity contribution in [3.05, 3.63) is 118 Å². The zero-order valence-electron chi connectivity index (χ0n) is 23.6. The predicted molar refractivity (Wildman–Crippen MR) is 162 cm³/mol. The van der Waals surface area contributed by atoms with Gasteiger partial charge in [-0.25, -0.2) is 9.78 Å². The summed E-state index contributed by atoms with van der Waals surface area (Å²) >= 11 is 1.59. The molecule has 1 atom stereocenters. The van der Waals surface area contributed by atoms with Crippen LogP contribution in [0.25, 0.3) is 10.7 Å². The van der Waals surface area contributed by atoms with Crippen LogP contribution in [0.4, 0.5) is 5.69 Å². The van der Waals surface area contributed by atoms with Gasteiger partial charge in [-0.3, -0.25) is 4.79 Å². The summed E-state index contributed by atoms with van der Waals surface area (Å²) in [7, 11) is 1.36. The highest BCUT2D eigenvalue weighted by molar-refractivity contribution is 7.15. The van der Waals surface area contributed by atoms with Crippen molar-refractivity contribution in [2.24, 2.45) is 0 Å². The summed E-state index contributed by atoms with van der Waals surface area (Å²) in [5.74, 6) is 0.931. The first-order valence-electron chi connectivity index (χ1n) is 13.6. The molecule has 8 nitrogen and oxygen atoms in total. The number of thiazole rings is 1. The molecule has 9 heteroatoms. The Labute approximate surface area is 248 Å². The molecule has 0 amide bonds. The molecule has 2 heterocycles. The van der Waals surface area contributed by atoms with Crippen molar-refractivity contribution >= 4 is 28.8 Å². The number of methoxy groups -OCH3 is 1. The van der Waals surface area contributed by atoms with Crippen LogP contribution in [0.2, 0.25) is 0 Å². The molecule has 0 spiro atoms. The summed E-state index contributed by atoms with van der Waals surface area (Å²) in [5.41, 5.74) is 4.27. The number of aryl methyl sites for hydroxylation is 2. The highest BCUT2D eigenvalue weighted by Gasteiger charge is 2.23. The lowest BCUT2D eigenvalue weighted by Crippen LogP contribution is -2.33. The molecular formula is C33H31N3O5S. The third kappa shape index (κ3) is 6.92. The van der Waals surface area contributed by atoms with Gasteiger partial charge in [-0.1, -0.05) is 59.8 Å². The van der Waals surface area contributed by atoms with Crippen molar-refractivity contribution in [1.29, 1.82) is 0 Å². The first-order valence-corrected chi connectivity index (χ1v) is 14.4. The van der Waals surface area contributed by atoms with Gasteiger partial charge in [0.2, 0.25) is 0 Å². The Bertz CT molecular complexity index is 1660. The number of aromatic nitrogens is 2. The van der Waals surface area contributed by atoms with Crippen LogP contribution in [-0.2, 0) is 22.4 Å². The van der Waals surface area contributed by atoms with Gasteiger partial charge in [0.1, 0.15) is 28.3 Å². The Balaban J connectivity index is 1.21. The molecular weight excluding hydrogens is 550 g/mol. The molecule has 2 aromatic heterocycles. The molecule has 0 saturated carbocycles. The Kier molecular flexibility index (Phi) is 9.08. The summed E-state index contributed by atoms with van der Waals surface area (Å²) in [4.78, 5) is 31.7. The lowest BCUT2D eigenvalue weighted by molar-refractivity contribution is -0.141. The fourth-order valence-electron chi connectivity index (χ4n) is 4.54. The van der Waals surface area contributed by atoms with E-state index in [-0.39, 0.29) is 5.78 Å². The van der Waals surface area contributed by atoms with Crippen LogP contribution in [-0.4, -0.2) is 41.7 Å². The van der Waals surface area contributed by atoms with Crippen LogP contribution < -0.4 is 10.1 Å². The smallest absolute Gasteiger partial charge is 0.328 e. The fraction of sp³-hybridized carbons (Fsp3) is 0.212. The second kappa shape index (κ2) is 13.3. The molecule has 0 aliphatic carbocycles. The van der Waals surface area contributed by atoms with Gasteiger partial charge in [-0.15, -0.1) is 11.3 Å². The maximum atomic E-state index is 13.2. The molecule has 5 aromatic rings.